The van der Waals surface area contributed by atoms with E-state index >= 15 is 0 Å². The van der Waals surface area contributed by atoms with E-state index in [1.807, 2.05) is 6.07 Å². The second-order valence-corrected chi connectivity index (χ2v) is 14.7. The van der Waals surface area contributed by atoms with Gasteiger partial charge in [-0.1, -0.05) is 37.3 Å². The third-order valence-corrected chi connectivity index (χ3v) is 9.58. The zero-order chi connectivity index (χ0) is 32.8. The minimum Gasteiger partial charge on any atom is -0.389 e. The van der Waals surface area contributed by atoms with Gasteiger partial charge in [0.25, 0.3) is 30.4 Å². The molecule has 4 rings (SSSR count). The average molecular weight is 680 g/mol. The van der Waals surface area contributed by atoms with E-state index in [2.05, 4.69) is 15.5 Å². The van der Waals surface area contributed by atoms with Gasteiger partial charge in [0.2, 0.25) is 5.91 Å². The molecule has 0 spiro atoms. The van der Waals surface area contributed by atoms with E-state index < -0.39 is 55.8 Å². The third kappa shape index (κ3) is 6.76. The van der Waals surface area contributed by atoms with Crippen LogP contribution in [0.25, 0.3) is 21.9 Å². The maximum Gasteiger partial charge on any atom is 0.295 e. The van der Waals surface area contributed by atoms with Gasteiger partial charge in [-0.3, -0.25) is 18.5 Å². The van der Waals surface area contributed by atoms with Crippen molar-refractivity contribution in [1.29, 1.82) is 5.26 Å². The van der Waals surface area contributed by atoms with Crippen LogP contribution in [0, 0.1) is 17.2 Å². The van der Waals surface area contributed by atoms with Crippen LogP contribution in [0.1, 0.15) is 19.4 Å². The second kappa shape index (κ2) is 11.7. The number of carbonyl (C=O) groups excluding carboxylic acids is 1. The molecule has 0 aliphatic rings. The van der Waals surface area contributed by atoms with Crippen LogP contribution in [0.5, 0.6) is 0 Å². The Morgan fingerprint density at radius 1 is 0.886 bits per heavy atom. The summed E-state index contributed by atoms with van der Waals surface area (Å²) in [5, 5.41) is 19.4. The lowest BCUT2D eigenvalue weighted by Crippen LogP contribution is -2.17. The lowest BCUT2D eigenvalue weighted by Gasteiger charge is -2.11. The van der Waals surface area contributed by atoms with Crippen molar-refractivity contribution in [2.45, 2.75) is 28.5 Å². The number of nitrogens with one attached hydrogen (secondary N) is 1. The molecule has 0 aliphatic carbocycles. The minimum atomic E-state index is -5.22. The molecule has 0 radical (unpaired) electrons. The largest absolute Gasteiger partial charge is 0.389 e. The van der Waals surface area contributed by atoms with Gasteiger partial charge in [-0.2, -0.15) is 30.5 Å². The van der Waals surface area contributed by atoms with E-state index in [1.54, 1.807) is 38.1 Å². The molecular formula is C25H21N5O10S4. The molecule has 19 heteroatoms. The molecule has 0 fully saturated rings. The smallest absolute Gasteiger partial charge is 0.295 e. The molecule has 6 N–H and O–H groups in total. The standard InChI is InChI=1S/C25H21N5O10S4/c1-12(2)24(31)28-14-5-3-13(4-6-14)22-19(11-26)23(27)41-25(22)30-29-15-7-17-18(20(8-15)43(35,36)37)9-16(42(32,33)34)10-21(17)44(38,39)40/h3-10,12H,27H2,1-2H3,(H,28,31)(H,32,33,34)(H,35,36,37)(H,38,39,40). The summed E-state index contributed by atoms with van der Waals surface area (Å²) in [4.78, 5) is 8.82. The zero-order valence-corrected chi connectivity index (χ0v) is 25.7. The van der Waals surface area contributed by atoms with Crippen LogP contribution in [-0.2, 0) is 35.1 Å². The van der Waals surface area contributed by atoms with E-state index in [1.165, 1.54) is 0 Å². The van der Waals surface area contributed by atoms with Crippen LogP contribution in [0.4, 0.5) is 21.4 Å². The molecule has 0 saturated heterocycles. The van der Waals surface area contributed by atoms with Gasteiger partial charge in [-0.25, -0.2) is 0 Å². The molecular weight excluding hydrogens is 659 g/mol. The Balaban J connectivity index is 1.91. The van der Waals surface area contributed by atoms with Crippen molar-refractivity contribution in [2.75, 3.05) is 11.1 Å². The SMILES string of the molecule is CC(C)C(=O)Nc1ccc(-c2c(N=Nc3cc(S(=O)(=O)O)c4cc(S(=O)(=O)O)cc(S(=O)(=O)O)c4c3)sc(N)c2C#N)cc1. The first-order valence-electron chi connectivity index (χ1n) is 12.0. The normalized spacial score (nSPS) is 12.6. The summed E-state index contributed by atoms with van der Waals surface area (Å²) in [6.45, 7) is 3.45. The van der Waals surface area contributed by atoms with Crippen molar-refractivity contribution in [3.05, 3.63) is 54.1 Å². The molecule has 4 aromatic rings. The van der Waals surface area contributed by atoms with Gasteiger partial charge >= 0.3 is 0 Å². The maximum atomic E-state index is 12.2. The lowest BCUT2D eigenvalue weighted by atomic mass is 10.0. The second-order valence-electron chi connectivity index (χ2n) is 9.44. The van der Waals surface area contributed by atoms with Gasteiger partial charge < -0.3 is 11.1 Å². The molecule has 3 aromatic carbocycles. The Labute approximate surface area is 254 Å². The molecule has 0 bridgehead atoms. The summed E-state index contributed by atoms with van der Waals surface area (Å²) in [6, 6.07) is 11.0. The first-order chi connectivity index (χ1) is 20.3. The summed E-state index contributed by atoms with van der Waals surface area (Å²) in [5.41, 5.74) is 6.87. The number of nitrogens with two attached hydrogens (primary N) is 1. The number of anilines is 2. The summed E-state index contributed by atoms with van der Waals surface area (Å²) >= 11 is 0.851. The van der Waals surface area contributed by atoms with Crippen molar-refractivity contribution in [2.24, 2.45) is 16.1 Å². The highest BCUT2D eigenvalue weighted by atomic mass is 32.2. The fourth-order valence-electron chi connectivity index (χ4n) is 3.98. The number of amides is 1. The van der Waals surface area contributed by atoms with Crippen molar-refractivity contribution in [3.63, 3.8) is 0 Å². The van der Waals surface area contributed by atoms with Crippen molar-refractivity contribution in [3.8, 4) is 17.2 Å². The van der Waals surface area contributed by atoms with Gasteiger partial charge in [0.15, 0.2) is 0 Å². The fraction of sp³-hybridized carbons (Fsp3) is 0.120. The number of benzene rings is 3. The van der Waals surface area contributed by atoms with Gasteiger partial charge in [0, 0.05) is 27.9 Å². The number of fused-ring (bicyclic) bond motifs is 1. The summed E-state index contributed by atoms with van der Waals surface area (Å²) in [5.74, 6) is -0.478. The van der Waals surface area contributed by atoms with Crippen LogP contribution >= 0.6 is 11.3 Å². The number of rotatable bonds is 8. The van der Waals surface area contributed by atoms with Crippen LogP contribution in [-0.4, -0.2) is 44.8 Å². The minimum absolute atomic E-state index is 0.0476. The van der Waals surface area contributed by atoms with E-state index in [9.17, 15) is 49.0 Å². The Bertz CT molecular complexity index is 2240. The van der Waals surface area contributed by atoms with Crippen LogP contribution < -0.4 is 11.1 Å². The molecule has 1 heterocycles. The number of thiophene rings is 1. The highest BCUT2D eigenvalue weighted by Gasteiger charge is 2.26. The predicted molar refractivity (Wildman–Crippen MR) is 160 cm³/mol. The average Bonchev–Trinajstić information content (AvgIpc) is 3.24. The Morgan fingerprint density at radius 2 is 1.45 bits per heavy atom. The first kappa shape index (κ1) is 32.6. The maximum absolute atomic E-state index is 12.2. The van der Waals surface area contributed by atoms with E-state index in [0.29, 0.717) is 23.4 Å². The van der Waals surface area contributed by atoms with Crippen molar-refractivity contribution >= 4 is 79.7 Å². The highest BCUT2D eigenvalue weighted by molar-refractivity contribution is 7.87. The Hall–Kier alpha value is -4.29. The number of nitriles is 1. The van der Waals surface area contributed by atoms with Crippen LogP contribution in [0.2, 0.25) is 0 Å². The van der Waals surface area contributed by atoms with Crippen molar-refractivity contribution < 1.29 is 43.7 Å². The molecule has 0 atom stereocenters. The zero-order valence-electron chi connectivity index (χ0n) is 22.4. The van der Waals surface area contributed by atoms with Gasteiger partial charge in [0.1, 0.15) is 25.9 Å². The van der Waals surface area contributed by atoms with Gasteiger partial charge in [-0.15, -0.1) is 10.2 Å². The van der Waals surface area contributed by atoms with E-state index in [-0.39, 0.29) is 38.6 Å². The number of nitrogen functional groups attached to an aromatic ring is 1. The summed E-state index contributed by atoms with van der Waals surface area (Å²) < 4.78 is 101. The van der Waals surface area contributed by atoms with Crippen molar-refractivity contribution in [1.82, 2.24) is 0 Å². The molecule has 1 aromatic heterocycles. The van der Waals surface area contributed by atoms with Gasteiger partial charge in [-0.05, 0) is 42.0 Å². The number of hydrogen-bond donors (Lipinski definition) is 5. The molecule has 44 heavy (non-hydrogen) atoms. The van der Waals surface area contributed by atoms with Crippen LogP contribution in [0.15, 0.2) is 73.4 Å². The topological polar surface area (TPSA) is 267 Å². The highest BCUT2D eigenvalue weighted by Crippen LogP contribution is 2.45. The van der Waals surface area contributed by atoms with E-state index in [0.717, 1.165) is 23.5 Å². The Kier molecular flexibility index (Phi) is 8.64. The monoisotopic (exact) mass is 679 g/mol. The lowest BCUT2D eigenvalue weighted by molar-refractivity contribution is -0.118. The summed E-state index contributed by atoms with van der Waals surface area (Å²) in [6.07, 6.45) is 0. The molecule has 1 amide bonds. The predicted octanol–water partition coefficient (Wildman–Crippen LogP) is 4.77. The number of nitrogens with zero attached hydrogens (tertiary/aromatic N) is 3. The molecule has 230 valence electrons. The Morgan fingerprint density at radius 3 is 1.98 bits per heavy atom. The first-order valence-corrected chi connectivity index (χ1v) is 17.1. The van der Waals surface area contributed by atoms with E-state index in [4.69, 9.17) is 5.73 Å². The number of azo groups is 1. The number of hydrogen-bond acceptors (Lipinski definition) is 12. The fourth-order valence-corrected chi connectivity index (χ4v) is 6.89. The number of carbonyl (C=O) groups is 1. The van der Waals surface area contributed by atoms with Gasteiger partial charge in [0.05, 0.1) is 16.1 Å². The molecule has 15 nitrogen and oxygen atoms in total. The molecule has 0 aliphatic heterocycles. The quantitative estimate of drug-likeness (QED) is 0.124. The summed E-state index contributed by atoms with van der Waals surface area (Å²) in [7, 11) is -15.5. The third-order valence-electron chi connectivity index (χ3n) is 6.06. The molecule has 0 unspecified atom stereocenters. The van der Waals surface area contributed by atoms with Crippen LogP contribution in [0.3, 0.4) is 0 Å². The molecule has 0 saturated carbocycles.